The molecule has 0 radical (unpaired) electrons. The van der Waals surface area contributed by atoms with Crippen LogP contribution in [0.1, 0.15) is 31.9 Å². The van der Waals surface area contributed by atoms with Crippen LogP contribution in [0.3, 0.4) is 0 Å². The molecule has 1 unspecified atom stereocenters. The van der Waals surface area contributed by atoms with E-state index in [1.54, 1.807) is 30.0 Å². The van der Waals surface area contributed by atoms with Gasteiger partial charge in [-0.2, -0.15) is 18.4 Å². The first-order valence-electron chi connectivity index (χ1n) is 9.87. The molecule has 0 saturated carbocycles. The highest BCUT2D eigenvalue weighted by Gasteiger charge is 2.42. The fraction of sp³-hybridized carbons (Fsp3) is 0.391. The van der Waals surface area contributed by atoms with Gasteiger partial charge in [-0.25, -0.2) is 0 Å². The van der Waals surface area contributed by atoms with E-state index < -0.39 is 24.2 Å². The van der Waals surface area contributed by atoms with Crippen molar-refractivity contribution in [1.82, 2.24) is 10.6 Å². The minimum Gasteiger partial charge on any atom is -0.342 e. The average molecular weight is 450 g/mol. The molecule has 31 heavy (non-hydrogen) atoms. The van der Waals surface area contributed by atoms with Crippen molar-refractivity contribution in [2.24, 2.45) is 5.92 Å². The molecule has 4 nitrogen and oxygen atoms in total. The third kappa shape index (κ3) is 7.30. The molecule has 0 aliphatic carbocycles. The Morgan fingerprint density at radius 2 is 1.61 bits per heavy atom. The predicted octanol–water partition coefficient (Wildman–Crippen LogP) is 5.32. The highest BCUT2D eigenvalue weighted by molar-refractivity contribution is 7.98. The Kier molecular flexibility index (Phi) is 8.96. The largest absolute Gasteiger partial charge is 0.407 e. The number of hydrogen-bond acceptors (Lipinski definition) is 4. The van der Waals surface area contributed by atoms with Crippen LogP contribution in [0.15, 0.2) is 53.4 Å². The maximum Gasteiger partial charge on any atom is 0.407 e. The Morgan fingerprint density at radius 3 is 2.06 bits per heavy atom. The van der Waals surface area contributed by atoms with E-state index in [0.29, 0.717) is 0 Å². The summed E-state index contributed by atoms with van der Waals surface area (Å²) in [4.78, 5) is 13.4. The van der Waals surface area contributed by atoms with E-state index in [1.165, 1.54) is 12.1 Å². The molecule has 0 saturated heterocycles. The number of alkyl halides is 3. The first kappa shape index (κ1) is 24.8. The summed E-state index contributed by atoms with van der Waals surface area (Å²) in [7, 11) is 0. The number of benzene rings is 2. The van der Waals surface area contributed by atoms with E-state index in [-0.39, 0.29) is 24.4 Å². The minimum absolute atomic E-state index is 0.00847. The fourth-order valence-electron chi connectivity index (χ4n) is 3.20. The number of rotatable bonds is 9. The van der Waals surface area contributed by atoms with Crippen molar-refractivity contribution in [3.63, 3.8) is 0 Å². The van der Waals surface area contributed by atoms with Crippen molar-refractivity contribution in [3.05, 3.63) is 54.1 Å². The Bertz CT molecular complexity index is 890. The number of amides is 1. The van der Waals surface area contributed by atoms with Crippen LogP contribution in [0, 0.1) is 17.2 Å². The third-order valence-electron chi connectivity index (χ3n) is 4.73. The summed E-state index contributed by atoms with van der Waals surface area (Å²) in [5, 5.41) is 13.5. The number of thioether (sulfide) groups is 1. The van der Waals surface area contributed by atoms with Gasteiger partial charge in [0.1, 0.15) is 12.6 Å². The van der Waals surface area contributed by atoms with Crippen molar-refractivity contribution >= 4 is 17.7 Å². The van der Waals surface area contributed by atoms with E-state index in [1.807, 2.05) is 44.4 Å². The van der Waals surface area contributed by atoms with Crippen LogP contribution in [0.4, 0.5) is 13.2 Å². The first-order valence-corrected chi connectivity index (χ1v) is 11.1. The highest BCUT2D eigenvalue weighted by atomic mass is 32.2. The first-order chi connectivity index (χ1) is 14.7. The monoisotopic (exact) mass is 449 g/mol. The van der Waals surface area contributed by atoms with Crippen LogP contribution in [-0.2, 0) is 4.79 Å². The third-order valence-corrected chi connectivity index (χ3v) is 5.47. The number of hydrogen-bond donors (Lipinski definition) is 2. The van der Waals surface area contributed by atoms with E-state index in [9.17, 15) is 18.0 Å². The summed E-state index contributed by atoms with van der Waals surface area (Å²) >= 11 is 1.61. The topological polar surface area (TPSA) is 64.9 Å². The van der Waals surface area contributed by atoms with Gasteiger partial charge in [-0.05, 0) is 47.4 Å². The molecule has 0 aliphatic rings. The molecule has 2 rings (SSSR count). The summed E-state index contributed by atoms with van der Waals surface area (Å²) in [6, 6.07) is 12.6. The van der Waals surface area contributed by atoms with Gasteiger partial charge in [0.15, 0.2) is 0 Å². The SMILES string of the molecule is CSc1ccc(-c2ccc(C(N[C@@H](CC(C)C)C(=O)NCC#N)C(F)(F)F)cc2)cc1. The van der Waals surface area contributed by atoms with Crippen molar-refractivity contribution < 1.29 is 18.0 Å². The van der Waals surface area contributed by atoms with Crippen molar-refractivity contribution in [2.45, 2.75) is 43.4 Å². The summed E-state index contributed by atoms with van der Waals surface area (Å²) < 4.78 is 41.6. The molecule has 2 atom stereocenters. The lowest BCUT2D eigenvalue weighted by Gasteiger charge is -2.28. The molecule has 0 bridgehead atoms. The number of nitriles is 1. The normalized spacial score (nSPS) is 13.5. The van der Waals surface area contributed by atoms with Crippen molar-refractivity contribution in [1.29, 1.82) is 5.26 Å². The lowest BCUT2D eigenvalue weighted by atomic mass is 9.97. The number of carbonyl (C=O) groups is 1. The van der Waals surface area contributed by atoms with Gasteiger partial charge in [-0.15, -0.1) is 11.8 Å². The van der Waals surface area contributed by atoms with Crippen molar-refractivity contribution in [3.8, 4) is 17.2 Å². The standard InChI is InChI=1S/C23H26F3N3OS/c1-15(2)14-20(22(30)28-13-12-27)29-21(23(24,25)26)18-6-4-16(5-7-18)17-8-10-19(31-3)11-9-17/h4-11,15,20-21,29H,13-14H2,1-3H3,(H,28,30)/t20-,21?/m0/s1. The zero-order valence-corrected chi connectivity index (χ0v) is 18.5. The molecule has 2 aromatic rings. The quantitative estimate of drug-likeness (QED) is 0.402. The number of nitrogens with one attached hydrogen (secondary N) is 2. The van der Waals surface area contributed by atoms with Gasteiger partial charge in [0.2, 0.25) is 5.91 Å². The average Bonchev–Trinajstić information content (AvgIpc) is 2.74. The maximum atomic E-state index is 13.9. The second-order valence-corrected chi connectivity index (χ2v) is 8.43. The summed E-state index contributed by atoms with van der Waals surface area (Å²) in [6.45, 7) is 3.40. The Morgan fingerprint density at radius 1 is 1.06 bits per heavy atom. The van der Waals surface area contributed by atoms with Gasteiger partial charge in [0.05, 0.1) is 12.1 Å². The van der Waals surface area contributed by atoms with Gasteiger partial charge in [-0.3, -0.25) is 10.1 Å². The lowest BCUT2D eigenvalue weighted by molar-refractivity contribution is -0.161. The van der Waals surface area contributed by atoms with E-state index in [0.717, 1.165) is 16.0 Å². The molecule has 8 heteroatoms. The van der Waals surface area contributed by atoms with Crippen molar-refractivity contribution in [2.75, 3.05) is 12.8 Å². The van der Waals surface area contributed by atoms with Crippen LogP contribution in [0.5, 0.6) is 0 Å². The lowest BCUT2D eigenvalue weighted by Crippen LogP contribution is -2.49. The van der Waals surface area contributed by atoms with Gasteiger partial charge in [0, 0.05) is 4.90 Å². The second-order valence-electron chi connectivity index (χ2n) is 7.55. The Hall–Kier alpha value is -2.50. The van der Waals surface area contributed by atoms with Crippen LogP contribution in [-0.4, -0.2) is 30.9 Å². The Labute approximate surface area is 185 Å². The van der Waals surface area contributed by atoms with E-state index in [4.69, 9.17) is 5.26 Å². The minimum atomic E-state index is -4.59. The molecule has 0 heterocycles. The number of nitrogens with zero attached hydrogens (tertiary/aromatic N) is 1. The summed E-state index contributed by atoms with van der Waals surface area (Å²) in [5.41, 5.74) is 1.75. The summed E-state index contributed by atoms with van der Waals surface area (Å²) in [5.74, 6) is -0.624. The molecule has 0 spiro atoms. The van der Waals surface area contributed by atoms with Crippen LogP contribution >= 0.6 is 11.8 Å². The van der Waals surface area contributed by atoms with Crippen LogP contribution < -0.4 is 10.6 Å². The van der Waals surface area contributed by atoms with Crippen LogP contribution in [0.25, 0.3) is 11.1 Å². The zero-order valence-electron chi connectivity index (χ0n) is 17.7. The smallest absolute Gasteiger partial charge is 0.342 e. The molecule has 2 N–H and O–H groups in total. The van der Waals surface area contributed by atoms with E-state index in [2.05, 4.69) is 10.6 Å². The van der Waals surface area contributed by atoms with Gasteiger partial charge < -0.3 is 5.32 Å². The van der Waals surface area contributed by atoms with Crippen LogP contribution in [0.2, 0.25) is 0 Å². The predicted molar refractivity (Wildman–Crippen MR) is 117 cm³/mol. The molecule has 166 valence electrons. The molecule has 0 aliphatic heterocycles. The molecule has 0 aromatic heterocycles. The number of carbonyl (C=O) groups excluding carboxylic acids is 1. The zero-order chi connectivity index (χ0) is 23.0. The van der Waals surface area contributed by atoms with Gasteiger partial charge in [-0.1, -0.05) is 50.2 Å². The van der Waals surface area contributed by atoms with E-state index >= 15 is 0 Å². The Balaban J connectivity index is 2.28. The molecular formula is C23H26F3N3OS. The summed E-state index contributed by atoms with van der Waals surface area (Å²) in [6.07, 6.45) is -2.41. The highest BCUT2D eigenvalue weighted by Crippen LogP contribution is 2.34. The number of halogens is 3. The van der Waals surface area contributed by atoms with Gasteiger partial charge >= 0.3 is 6.18 Å². The maximum absolute atomic E-state index is 13.9. The fourth-order valence-corrected chi connectivity index (χ4v) is 3.61. The molecule has 0 fully saturated rings. The molecule has 1 amide bonds. The molecule has 2 aromatic carbocycles. The second kappa shape index (κ2) is 11.2. The molecular weight excluding hydrogens is 423 g/mol. The van der Waals surface area contributed by atoms with Gasteiger partial charge in [0.25, 0.3) is 0 Å².